The highest BCUT2D eigenvalue weighted by molar-refractivity contribution is 8.14. The summed E-state index contributed by atoms with van der Waals surface area (Å²) in [4.78, 5) is 28.3. The first-order chi connectivity index (χ1) is 13.2. The molecule has 2 atom stereocenters. The Bertz CT molecular complexity index is 1020. The van der Waals surface area contributed by atoms with Crippen molar-refractivity contribution in [3.63, 3.8) is 0 Å². The summed E-state index contributed by atoms with van der Waals surface area (Å²) in [6, 6.07) is 6.56. The van der Waals surface area contributed by atoms with Crippen LogP contribution in [0.2, 0.25) is 0 Å². The molecule has 2 aliphatic rings. The molecule has 2 unspecified atom stereocenters. The maximum absolute atomic E-state index is 12.9. The lowest BCUT2D eigenvalue weighted by molar-refractivity contribution is -0.384. The Morgan fingerprint density at radius 3 is 2.93 bits per heavy atom. The molecule has 1 fully saturated rings. The van der Waals surface area contributed by atoms with E-state index < -0.39 is 4.92 Å². The van der Waals surface area contributed by atoms with Gasteiger partial charge in [-0.2, -0.15) is 0 Å². The largest absolute Gasteiger partial charge is 0.375 e. The Hall–Kier alpha value is -2.39. The van der Waals surface area contributed by atoms with E-state index in [-0.39, 0.29) is 28.1 Å². The molecule has 0 radical (unpaired) electrons. The summed E-state index contributed by atoms with van der Waals surface area (Å²) in [6.07, 6.45) is 1.57. The summed E-state index contributed by atoms with van der Waals surface area (Å²) >= 11 is 1.45. The van der Waals surface area contributed by atoms with Crippen LogP contribution in [0.1, 0.15) is 56.0 Å². The summed E-state index contributed by atoms with van der Waals surface area (Å²) in [5, 5.41) is 14.6. The van der Waals surface area contributed by atoms with Gasteiger partial charge in [0.1, 0.15) is 0 Å². The van der Waals surface area contributed by atoms with Crippen LogP contribution in [0, 0.1) is 10.1 Å². The highest BCUT2D eigenvalue weighted by atomic mass is 32.2. The van der Waals surface area contributed by atoms with Gasteiger partial charge in [-0.3, -0.25) is 24.7 Å². The number of aromatic nitrogens is 2. The monoisotopic (exact) mass is 402 g/mol. The van der Waals surface area contributed by atoms with Crippen molar-refractivity contribution in [1.82, 2.24) is 9.78 Å². The molecule has 1 saturated heterocycles. The average molecular weight is 402 g/mol. The van der Waals surface area contributed by atoms with Crippen LogP contribution < -0.4 is 5.56 Å². The van der Waals surface area contributed by atoms with Gasteiger partial charge in [-0.05, 0) is 39.2 Å². The standard InChI is InChI=1S/C19H22N4O4S/c1-11-20-17-15(16(28-11)12-5-4-6-13(9-12)23(25)26)18(24)21-22(17)14-7-8-27-19(2,3)10-14/h4-6,9,14,16H,7-8,10H2,1-3H3,(H,21,24). The molecule has 2 aliphatic heterocycles. The van der Waals surface area contributed by atoms with Crippen molar-refractivity contribution >= 4 is 28.3 Å². The van der Waals surface area contributed by atoms with Crippen LogP contribution >= 0.6 is 11.8 Å². The first kappa shape index (κ1) is 18.9. The van der Waals surface area contributed by atoms with E-state index >= 15 is 0 Å². The zero-order chi connectivity index (χ0) is 20.1. The second kappa shape index (κ2) is 6.89. The molecule has 28 heavy (non-hydrogen) atoms. The molecule has 3 heterocycles. The maximum Gasteiger partial charge on any atom is 0.271 e. The molecule has 0 amide bonds. The van der Waals surface area contributed by atoms with Crippen LogP contribution in [0.4, 0.5) is 11.5 Å². The fourth-order valence-electron chi connectivity index (χ4n) is 3.93. The van der Waals surface area contributed by atoms with Crippen molar-refractivity contribution in [1.29, 1.82) is 0 Å². The zero-order valence-electron chi connectivity index (χ0n) is 16.0. The Balaban J connectivity index is 1.80. The van der Waals surface area contributed by atoms with Crippen LogP contribution in [-0.2, 0) is 4.74 Å². The van der Waals surface area contributed by atoms with E-state index in [1.807, 2.05) is 31.5 Å². The molecule has 2 aromatic rings. The molecule has 148 valence electrons. The summed E-state index contributed by atoms with van der Waals surface area (Å²) in [6.45, 7) is 6.61. The number of nitrogens with zero attached hydrogens (tertiary/aromatic N) is 3. The van der Waals surface area contributed by atoms with Crippen molar-refractivity contribution in [2.24, 2.45) is 4.99 Å². The molecule has 8 nitrogen and oxygen atoms in total. The maximum atomic E-state index is 12.9. The third-order valence-corrected chi connectivity index (χ3v) is 6.35. The van der Waals surface area contributed by atoms with E-state index in [9.17, 15) is 14.9 Å². The lowest BCUT2D eigenvalue weighted by Crippen LogP contribution is -2.35. The molecule has 9 heteroatoms. The number of nitro groups is 1. The Labute approximate surface area is 166 Å². The first-order valence-electron chi connectivity index (χ1n) is 9.20. The number of rotatable bonds is 3. The molecule has 0 spiro atoms. The van der Waals surface area contributed by atoms with E-state index in [0.29, 0.717) is 18.0 Å². The summed E-state index contributed by atoms with van der Waals surface area (Å²) in [5.41, 5.74) is 0.838. The van der Waals surface area contributed by atoms with Crippen LogP contribution in [0.15, 0.2) is 34.1 Å². The SMILES string of the molecule is CC1=Nc2c(c(=O)[nH]n2C2CCOC(C)(C)C2)C(c2cccc([N+](=O)[O-])c2)S1. The average Bonchev–Trinajstić information content (AvgIpc) is 2.97. The van der Waals surface area contributed by atoms with Gasteiger partial charge < -0.3 is 4.74 Å². The minimum Gasteiger partial charge on any atom is -0.375 e. The van der Waals surface area contributed by atoms with Crippen LogP contribution in [0.3, 0.4) is 0 Å². The van der Waals surface area contributed by atoms with Crippen molar-refractivity contribution in [2.45, 2.75) is 50.5 Å². The number of H-pyrrole nitrogens is 1. The van der Waals surface area contributed by atoms with E-state index in [4.69, 9.17) is 4.74 Å². The van der Waals surface area contributed by atoms with E-state index in [0.717, 1.165) is 23.4 Å². The minimum atomic E-state index is -0.418. The number of aliphatic imine (C=N–C) groups is 1. The van der Waals surface area contributed by atoms with Gasteiger partial charge in [0.15, 0.2) is 5.82 Å². The van der Waals surface area contributed by atoms with Crippen LogP contribution in [0.5, 0.6) is 0 Å². The van der Waals surface area contributed by atoms with E-state index in [1.165, 1.54) is 23.9 Å². The third kappa shape index (κ3) is 3.40. The summed E-state index contributed by atoms with van der Waals surface area (Å²) in [5.74, 6) is 0.625. The number of hydrogen-bond donors (Lipinski definition) is 1. The van der Waals surface area contributed by atoms with Gasteiger partial charge in [-0.15, -0.1) is 0 Å². The predicted molar refractivity (Wildman–Crippen MR) is 109 cm³/mol. The minimum absolute atomic E-state index is 0.0156. The fraction of sp³-hybridized carbons (Fsp3) is 0.474. The molecule has 4 rings (SSSR count). The molecular weight excluding hydrogens is 380 g/mol. The number of hydrogen-bond acceptors (Lipinski definition) is 6. The first-order valence-corrected chi connectivity index (χ1v) is 10.1. The normalized spacial score (nSPS) is 23.8. The highest BCUT2D eigenvalue weighted by Crippen LogP contribution is 2.45. The van der Waals surface area contributed by atoms with Crippen molar-refractivity contribution in [3.8, 4) is 0 Å². The molecule has 1 aromatic heterocycles. The van der Waals surface area contributed by atoms with Gasteiger partial charge in [0.2, 0.25) is 0 Å². The van der Waals surface area contributed by atoms with Gasteiger partial charge >= 0.3 is 0 Å². The van der Waals surface area contributed by atoms with Gasteiger partial charge in [0.25, 0.3) is 11.2 Å². The van der Waals surface area contributed by atoms with E-state index in [2.05, 4.69) is 10.1 Å². The lowest BCUT2D eigenvalue weighted by Gasteiger charge is -2.36. The van der Waals surface area contributed by atoms with Crippen molar-refractivity contribution in [3.05, 3.63) is 55.9 Å². The smallest absolute Gasteiger partial charge is 0.271 e. The third-order valence-electron chi connectivity index (χ3n) is 5.17. The molecule has 0 saturated carbocycles. The number of nitro benzene ring substituents is 1. The number of fused-ring (bicyclic) bond motifs is 1. The predicted octanol–water partition coefficient (Wildman–Crippen LogP) is 4.10. The number of non-ortho nitro benzene ring substituents is 1. The quantitative estimate of drug-likeness (QED) is 0.615. The number of aromatic amines is 1. The Morgan fingerprint density at radius 1 is 1.43 bits per heavy atom. The van der Waals surface area contributed by atoms with Gasteiger partial charge in [-0.25, -0.2) is 4.99 Å². The summed E-state index contributed by atoms with van der Waals surface area (Å²) < 4.78 is 7.68. The van der Waals surface area contributed by atoms with Crippen molar-refractivity contribution in [2.75, 3.05) is 6.61 Å². The highest BCUT2D eigenvalue weighted by Gasteiger charge is 2.36. The molecular formula is C19H22N4O4S. The van der Waals surface area contributed by atoms with Crippen LogP contribution in [-0.4, -0.2) is 32.0 Å². The molecule has 1 N–H and O–H groups in total. The van der Waals surface area contributed by atoms with Crippen LogP contribution in [0.25, 0.3) is 0 Å². The number of benzene rings is 1. The van der Waals surface area contributed by atoms with Gasteiger partial charge in [0.05, 0.1) is 32.4 Å². The zero-order valence-corrected chi connectivity index (χ0v) is 16.8. The summed E-state index contributed by atoms with van der Waals surface area (Å²) in [7, 11) is 0. The Morgan fingerprint density at radius 2 is 2.21 bits per heavy atom. The fourth-order valence-corrected chi connectivity index (χ4v) is 5.02. The number of nitrogens with one attached hydrogen (secondary N) is 1. The second-order valence-corrected chi connectivity index (χ2v) is 9.08. The van der Waals surface area contributed by atoms with Gasteiger partial charge in [-0.1, -0.05) is 23.9 Å². The van der Waals surface area contributed by atoms with Crippen molar-refractivity contribution < 1.29 is 9.66 Å². The van der Waals surface area contributed by atoms with Gasteiger partial charge in [0, 0.05) is 18.7 Å². The molecule has 0 bridgehead atoms. The number of thioether (sulfide) groups is 1. The Kier molecular flexibility index (Phi) is 4.67. The molecule has 1 aromatic carbocycles. The van der Waals surface area contributed by atoms with E-state index in [1.54, 1.807) is 6.07 Å². The topological polar surface area (TPSA) is 103 Å². The number of ether oxygens (including phenoxy) is 1. The molecule has 0 aliphatic carbocycles. The second-order valence-electron chi connectivity index (χ2n) is 7.78. The lowest BCUT2D eigenvalue weighted by atomic mass is 9.94.